The largest absolute Gasteiger partial charge is 0.507 e. The second-order valence-corrected chi connectivity index (χ2v) is 9.99. The highest BCUT2D eigenvalue weighted by atomic mass is 127. The van der Waals surface area contributed by atoms with Crippen LogP contribution in [-0.2, 0) is 29.1 Å². The summed E-state index contributed by atoms with van der Waals surface area (Å²) in [6.45, 7) is 0.622. The number of halogens is 1. The number of benzene rings is 3. The van der Waals surface area contributed by atoms with E-state index in [2.05, 4.69) is 27.6 Å². The van der Waals surface area contributed by atoms with Crippen LogP contribution in [0.3, 0.4) is 0 Å². The number of carbonyl (C=O) groups is 2. The van der Waals surface area contributed by atoms with E-state index in [9.17, 15) is 19.8 Å². The van der Waals surface area contributed by atoms with Crippen molar-refractivity contribution in [3.05, 3.63) is 117 Å². The van der Waals surface area contributed by atoms with Crippen LogP contribution >= 0.6 is 22.6 Å². The highest BCUT2D eigenvalue weighted by Crippen LogP contribution is 2.32. The zero-order chi connectivity index (χ0) is 25.2. The molecule has 0 fully saturated rings. The molecule has 0 unspecified atom stereocenters. The van der Waals surface area contributed by atoms with E-state index in [1.807, 2.05) is 77.4 Å². The smallest absolute Gasteiger partial charge is 0.326 e. The molecule has 3 aromatic carbocycles. The lowest BCUT2D eigenvalue weighted by Crippen LogP contribution is -2.50. The number of aliphatic carboxylic acids is 1. The van der Waals surface area contributed by atoms with Gasteiger partial charge in [0, 0.05) is 18.7 Å². The molecular weight excluding hydrogens is 569 g/mol. The van der Waals surface area contributed by atoms with Gasteiger partial charge in [-0.15, -0.1) is 0 Å². The van der Waals surface area contributed by atoms with Gasteiger partial charge in [-0.05, 0) is 51.4 Å². The molecule has 4 aromatic rings. The first-order valence-electron chi connectivity index (χ1n) is 11.6. The zero-order valence-corrected chi connectivity index (χ0v) is 21.4. The molecule has 7 nitrogen and oxygen atoms in total. The fraction of sp³-hybridized carbons (Fsp3) is 0.179. The number of nitrogens with zero attached hydrogens (tertiary/aromatic N) is 3. The number of carboxylic acid groups (broad SMARTS) is 1. The van der Waals surface area contributed by atoms with Crippen molar-refractivity contribution in [1.82, 2.24) is 14.5 Å². The molecule has 8 heteroatoms. The van der Waals surface area contributed by atoms with Crippen LogP contribution in [0.25, 0.3) is 0 Å². The SMILES string of the molecule is O=C(O)[C@@H]1Cc2c(ncn2Cc2ccc(O)c(I)c2)CN1C(=O)C(c1ccccc1)c1ccccc1. The Morgan fingerprint density at radius 1 is 1.00 bits per heavy atom. The second-order valence-electron chi connectivity index (χ2n) is 8.83. The fourth-order valence-electron chi connectivity index (χ4n) is 4.75. The van der Waals surface area contributed by atoms with Crippen molar-refractivity contribution < 1.29 is 19.8 Å². The van der Waals surface area contributed by atoms with Crippen LogP contribution in [0.1, 0.15) is 34.0 Å². The normalized spacial score (nSPS) is 15.1. The van der Waals surface area contributed by atoms with Gasteiger partial charge in [-0.25, -0.2) is 9.78 Å². The number of fused-ring (bicyclic) bond motifs is 1. The maximum Gasteiger partial charge on any atom is 0.326 e. The van der Waals surface area contributed by atoms with E-state index in [-0.39, 0.29) is 24.6 Å². The highest BCUT2D eigenvalue weighted by Gasteiger charge is 2.40. The van der Waals surface area contributed by atoms with Gasteiger partial charge in [0.15, 0.2) is 0 Å². The predicted molar refractivity (Wildman–Crippen MR) is 143 cm³/mol. The lowest BCUT2D eigenvalue weighted by Gasteiger charge is -2.35. The standard InChI is InChI=1S/C28H24IN3O4/c29-21-13-18(11-12-25(21)33)15-31-17-30-22-16-32(24(28(35)36)14-23(22)31)27(34)26(19-7-3-1-4-8-19)20-9-5-2-6-10-20/h1-13,17,24,26,33H,14-16H2,(H,35,36)/t24-/m0/s1. The van der Waals surface area contributed by atoms with Crippen LogP contribution in [0.5, 0.6) is 5.75 Å². The topological polar surface area (TPSA) is 95.7 Å². The molecule has 0 spiro atoms. The lowest BCUT2D eigenvalue weighted by molar-refractivity contribution is -0.151. The average molecular weight is 593 g/mol. The van der Waals surface area contributed by atoms with E-state index in [0.717, 1.165) is 26.0 Å². The minimum atomic E-state index is -1.04. The van der Waals surface area contributed by atoms with E-state index in [1.165, 1.54) is 4.90 Å². The Kier molecular flexibility index (Phi) is 6.77. The molecule has 36 heavy (non-hydrogen) atoms. The van der Waals surface area contributed by atoms with Gasteiger partial charge in [-0.3, -0.25) is 4.79 Å². The third-order valence-electron chi connectivity index (χ3n) is 6.56. The summed E-state index contributed by atoms with van der Waals surface area (Å²) < 4.78 is 2.67. The van der Waals surface area contributed by atoms with Gasteiger partial charge in [0.1, 0.15) is 11.8 Å². The molecule has 5 rings (SSSR count). The van der Waals surface area contributed by atoms with Crippen molar-refractivity contribution >= 4 is 34.5 Å². The van der Waals surface area contributed by atoms with Gasteiger partial charge >= 0.3 is 5.97 Å². The van der Waals surface area contributed by atoms with Crippen molar-refractivity contribution in [1.29, 1.82) is 0 Å². The summed E-state index contributed by atoms with van der Waals surface area (Å²) in [5.41, 5.74) is 4.11. The van der Waals surface area contributed by atoms with Gasteiger partial charge in [0.2, 0.25) is 5.91 Å². The van der Waals surface area contributed by atoms with E-state index in [4.69, 9.17) is 0 Å². The molecule has 0 bridgehead atoms. The third-order valence-corrected chi connectivity index (χ3v) is 7.43. The van der Waals surface area contributed by atoms with E-state index in [0.29, 0.717) is 12.2 Å². The van der Waals surface area contributed by atoms with Crippen molar-refractivity contribution in [3.63, 3.8) is 0 Å². The number of carbonyl (C=O) groups excluding carboxylic acids is 1. The van der Waals surface area contributed by atoms with Crippen LogP contribution < -0.4 is 0 Å². The molecule has 0 aliphatic carbocycles. The molecule has 0 saturated heterocycles. The first kappa shape index (κ1) is 24.1. The Balaban J connectivity index is 1.48. The fourth-order valence-corrected chi connectivity index (χ4v) is 5.33. The number of phenols is 1. The van der Waals surface area contributed by atoms with E-state index < -0.39 is 17.9 Å². The molecular formula is C28H24IN3O4. The van der Waals surface area contributed by atoms with Gasteiger partial charge in [-0.2, -0.15) is 0 Å². The Labute approximate surface area is 222 Å². The number of rotatable bonds is 6. The van der Waals surface area contributed by atoms with E-state index in [1.54, 1.807) is 12.4 Å². The summed E-state index contributed by atoms with van der Waals surface area (Å²) >= 11 is 2.07. The number of amides is 1. The van der Waals surface area contributed by atoms with Crippen molar-refractivity contribution in [2.75, 3.05) is 0 Å². The van der Waals surface area contributed by atoms with Crippen molar-refractivity contribution in [3.8, 4) is 5.75 Å². The number of aromatic hydroxyl groups is 1. The summed E-state index contributed by atoms with van der Waals surface area (Å²) in [6, 6.07) is 23.3. The highest BCUT2D eigenvalue weighted by molar-refractivity contribution is 14.1. The number of imidazole rings is 1. The predicted octanol–water partition coefficient (Wildman–Crippen LogP) is 4.41. The molecule has 1 atom stereocenters. The van der Waals surface area contributed by atoms with Gasteiger partial charge in [-0.1, -0.05) is 66.7 Å². The number of hydrogen-bond donors (Lipinski definition) is 2. The van der Waals surface area contributed by atoms with Crippen LogP contribution in [0.15, 0.2) is 85.2 Å². The lowest BCUT2D eigenvalue weighted by atomic mass is 9.88. The Bertz CT molecular complexity index is 1370. The molecule has 1 amide bonds. The summed E-state index contributed by atoms with van der Waals surface area (Å²) in [5.74, 6) is -1.69. The molecule has 2 heterocycles. The molecule has 1 aromatic heterocycles. The Hall–Kier alpha value is -3.66. The number of hydrogen-bond acceptors (Lipinski definition) is 4. The summed E-state index contributed by atoms with van der Waals surface area (Å²) in [5, 5.41) is 20.0. The van der Waals surface area contributed by atoms with Crippen molar-refractivity contribution in [2.24, 2.45) is 0 Å². The number of phenolic OH excluding ortho intramolecular Hbond substituents is 1. The quantitative estimate of drug-likeness (QED) is 0.323. The van der Waals surface area contributed by atoms with Crippen LogP contribution in [0, 0.1) is 3.57 Å². The van der Waals surface area contributed by atoms with Gasteiger partial charge in [0.25, 0.3) is 0 Å². The van der Waals surface area contributed by atoms with Gasteiger partial charge < -0.3 is 19.7 Å². The summed E-state index contributed by atoms with van der Waals surface area (Å²) in [4.78, 5) is 32.4. The van der Waals surface area contributed by atoms with Crippen LogP contribution in [0.4, 0.5) is 0 Å². The molecule has 0 radical (unpaired) electrons. The molecule has 182 valence electrons. The molecule has 0 saturated carbocycles. The van der Waals surface area contributed by atoms with E-state index >= 15 is 0 Å². The molecule has 1 aliphatic heterocycles. The van der Waals surface area contributed by atoms with Gasteiger partial charge in [0.05, 0.1) is 28.1 Å². The molecule has 2 N–H and O–H groups in total. The second kappa shape index (κ2) is 10.1. The Morgan fingerprint density at radius 3 is 2.22 bits per heavy atom. The maximum absolute atomic E-state index is 14.0. The number of aromatic nitrogens is 2. The zero-order valence-electron chi connectivity index (χ0n) is 19.3. The summed E-state index contributed by atoms with van der Waals surface area (Å²) in [7, 11) is 0. The summed E-state index contributed by atoms with van der Waals surface area (Å²) in [6.07, 6.45) is 1.87. The number of carboxylic acids is 1. The van der Waals surface area contributed by atoms with Crippen LogP contribution in [-0.4, -0.2) is 42.6 Å². The average Bonchev–Trinajstić information content (AvgIpc) is 3.28. The third kappa shape index (κ3) is 4.73. The van der Waals surface area contributed by atoms with Crippen LogP contribution in [0.2, 0.25) is 0 Å². The molecule has 1 aliphatic rings. The minimum absolute atomic E-state index is 0.126. The van der Waals surface area contributed by atoms with Crippen molar-refractivity contribution in [2.45, 2.75) is 31.5 Å². The monoisotopic (exact) mass is 593 g/mol. The first-order valence-corrected chi connectivity index (χ1v) is 12.6. The maximum atomic E-state index is 14.0. The Morgan fingerprint density at radius 2 is 1.64 bits per heavy atom. The minimum Gasteiger partial charge on any atom is -0.507 e. The first-order chi connectivity index (χ1) is 17.4.